The van der Waals surface area contributed by atoms with Crippen LogP contribution >= 0.6 is 7.75 Å². The first-order valence-electron chi connectivity index (χ1n) is 18.0. The number of esters is 1. The zero-order valence-corrected chi connectivity index (χ0v) is 30.7. The summed E-state index contributed by atoms with van der Waals surface area (Å²) in [5.41, 5.74) is 4.71. The van der Waals surface area contributed by atoms with Crippen LogP contribution in [0.3, 0.4) is 0 Å². The number of carbonyl (C=O) groups excluding carboxylic acids is 1. The van der Waals surface area contributed by atoms with Gasteiger partial charge in [0.25, 0.3) is 0 Å². The van der Waals surface area contributed by atoms with Crippen molar-refractivity contribution in [3.63, 3.8) is 0 Å². The average Bonchev–Trinajstić information content (AvgIpc) is 3.64. The van der Waals surface area contributed by atoms with Crippen molar-refractivity contribution in [1.29, 1.82) is 0 Å². The van der Waals surface area contributed by atoms with Gasteiger partial charge in [0, 0.05) is 6.42 Å². The van der Waals surface area contributed by atoms with E-state index >= 15 is 0 Å². The number of aliphatic hydroxyl groups is 1. The number of aliphatic hydroxyl groups excluding tert-OH is 1. The third kappa shape index (κ3) is 11.2. The van der Waals surface area contributed by atoms with E-state index < -0.39 is 43.8 Å². The number of nitrogens with two attached hydrogens (primary N) is 1. The third-order valence-corrected chi connectivity index (χ3v) is 10.6. The molecule has 3 heterocycles. The minimum atomic E-state index is -4.26. The molecule has 1 aliphatic heterocycles. The number of rotatable bonds is 22. The van der Waals surface area contributed by atoms with Crippen LogP contribution in [0.4, 0.5) is 10.2 Å². The van der Waals surface area contributed by atoms with Crippen molar-refractivity contribution in [3.8, 4) is 5.75 Å². The Morgan fingerprint density at radius 3 is 2.38 bits per heavy atom. The summed E-state index contributed by atoms with van der Waals surface area (Å²) < 4.78 is 53.7. The predicted octanol–water partition coefficient (Wildman–Crippen LogP) is 7.40. The van der Waals surface area contributed by atoms with Crippen LogP contribution in [0.5, 0.6) is 5.75 Å². The van der Waals surface area contributed by atoms with E-state index in [4.69, 9.17) is 24.3 Å². The summed E-state index contributed by atoms with van der Waals surface area (Å²) in [7, 11) is -4.26. The molecule has 0 bridgehead atoms. The van der Waals surface area contributed by atoms with Crippen LogP contribution in [0, 0.1) is 6.08 Å². The van der Waals surface area contributed by atoms with Crippen molar-refractivity contribution in [2.75, 3.05) is 12.3 Å². The van der Waals surface area contributed by atoms with E-state index in [0.29, 0.717) is 0 Å². The molecule has 1 unspecified atom stereocenters. The first-order chi connectivity index (χ1) is 24.0. The number of fused-ring (bicyclic) bond motifs is 1. The highest BCUT2D eigenvalue weighted by atomic mass is 31.2. The predicted molar refractivity (Wildman–Crippen MR) is 189 cm³/mol. The SMILES string of the molecule is CCCCCCCC(CCCCCCC)OC(=O)[C@H](C)NP(=O)(OC[C@@]1(C)O[C@@H](n2cnc3c(N)nc(F)nc32)C[C@@H]1O)Oc1ccccc1. The maximum atomic E-state index is 14.3. The van der Waals surface area contributed by atoms with Crippen molar-refractivity contribution in [3.05, 3.63) is 42.7 Å². The molecule has 1 fully saturated rings. The second-order valence-electron chi connectivity index (χ2n) is 13.3. The second kappa shape index (κ2) is 18.9. The van der Waals surface area contributed by atoms with E-state index in [1.165, 1.54) is 23.7 Å². The number of unbranched alkanes of at least 4 members (excludes halogenated alkanes) is 8. The van der Waals surface area contributed by atoms with Crippen LogP contribution in [0.25, 0.3) is 11.2 Å². The minimum absolute atomic E-state index is 0.0646. The molecule has 15 heteroatoms. The summed E-state index contributed by atoms with van der Waals surface area (Å²) in [6, 6.07) is 7.40. The molecule has 278 valence electrons. The Balaban J connectivity index is 1.44. The Hall–Kier alpha value is -3.16. The molecule has 0 radical (unpaired) electrons. The van der Waals surface area contributed by atoms with E-state index in [-0.39, 0.29) is 41.9 Å². The average molecular weight is 721 g/mol. The van der Waals surface area contributed by atoms with E-state index in [0.717, 1.165) is 64.2 Å². The fraction of sp³-hybridized carbons (Fsp3) is 0.657. The van der Waals surface area contributed by atoms with Gasteiger partial charge in [-0.15, -0.1) is 0 Å². The Morgan fingerprint density at radius 2 is 1.74 bits per heavy atom. The number of imidazole rings is 1. The molecule has 0 spiro atoms. The standard InChI is InChI=1S/C35H54FN6O7P/c1-5-7-9-11-14-18-26(19-15-12-10-8-6-2)47-33(44)25(3)41-50(45,49-27-20-16-13-17-21-27)46-23-35(4)28(43)22-29(48-35)42-24-38-30-31(37)39-34(36)40-32(30)42/h13,16-17,20-21,24-26,28-29,43H,5-12,14-15,18-19,22-23H2,1-4H3,(H,41,45)(H2,37,39,40)/t25-,28-,29+,35+,50?/m0/s1. The van der Waals surface area contributed by atoms with E-state index in [1.54, 1.807) is 44.2 Å². The van der Waals surface area contributed by atoms with Gasteiger partial charge in [-0.3, -0.25) is 13.9 Å². The molecule has 2 aromatic heterocycles. The minimum Gasteiger partial charge on any atom is -0.461 e. The Bertz CT molecular complexity index is 1530. The molecular formula is C35H54FN6O7P. The smallest absolute Gasteiger partial charge is 0.459 e. The van der Waals surface area contributed by atoms with E-state index in [1.807, 2.05) is 0 Å². The Labute approximate surface area is 294 Å². The first kappa shape index (κ1) is 39.6. The molecule has 1 saturated heterocycles. The van der Waals surface area contributed by atoms with Gasteiger partial charge in [-0.25, -0.2) is 9.55 Å². The number of halogens is 1. The molecule has 0 saturated carbocycles. The Kier molecular flexibility index (Phi) is 15.0. The van der Waals surface area contributed by atoms with Gasteiger partial charge < -0.3 is 24.8 Å². The zero-order valence-electron chi connectivity index (χ0n) is 29.8. The van der Waals surface area contributed by atoms with Crippen LogP contribution in [-0.2, 0) is 23.4 Å². The van der Waals surface area contributed by atoms with Gasteiger partial charge in [-0.2, -0.15) is 19.4 Å². The normalized spacial score (nSPS) is 21.0. The van der Waals surface area contributed by atoms with Crippen molar-refractivity contribution in [2.24, 2.45) is 0 Å². The number of para-hydroxylation sites is 1. The monoisotopic (exact) mass is 720 g/mol. The molecule has 0 aliphatic carbocycles. The highest BCUT2D eigenvalue weighted by Crippen LogP contribution is 2.48. The van der Waals surface area contributed by atoms with Crippen LogP contribution in [-0.4, -0.2) is 61.1 Å². The number of nitrogen functional groups attached to an aromatic ring is 1. The van der Waals surface area contributed by atoms with Crippen molar-refractivity contribution in [2.45, 2.75) is 141 Å². The highest BCUT2D eigenvalue weighted by molar-refractivity contribution is 7.52. The topological polar surface area (TPSA) is 173 Å². The summed E-state index contributed by atoms with van der Waals surface area (Å²) in [6.45, 7) is 7.12. The number of nitrogens with one attached hydrogen (secondary N) is 1. The van der Waals surface area contributed by atoms with Crippen LogP contribution in [0.15, 0.2) is 36.7 Å². The van der Waals surface area contributed by atoms with Crippen LogP contribution in [0.1, 0.15) is 117 Å². The van der Waals surface area contributed by atoms with Gasteiger partial charge in [-0.05, 0) is 51.7 Å². The van der Waals surface area contributed by atoms with Gasteiger partial charge >= 0.3 is 19.8 Å². The van der Waals surface area contributed by atoms with Gasteiger partial charge in [0.1, 0.15) is 29.7 Å². The number of aromatic nitrogens is 4. The van der Waals surface area contributed by atoms with E-state index in [9.17, 15) is 18.9 Å². The summed E-state index contributed by atoms with van der Waals surface area (Å²) in [6.07, 6.45) is 10.9. The molecule has 0 amide bonds. The van der Waals surface area contributed by atoms with Gasteiger partial charge in [0.15, 0.2) is 17.0 Å². The lowest BCUT2D eigenvalue weighted by molar-refractivity contribution is -0.151. The molecular weight excluding hydrogens is 666 g/mol. The van der Waals surface area contributed by atoms with Crippen molar-refractivity contribution in [1.82, 2.24) is 24.6 Å². The lowest BCUT2D eigenvalue weighted by Crippen LogP contribution is -2.42. The summed E-state index contributed by atoms with van der Waals surface area (Å²) in [5.74, 6) is -0.429. The Morgan fingerprint density at radius 1 is 1.10 bits per heavy atom. The fourth-order valence-corrected chi connectivity index (χ4v) is 7.58. The molecule has 50 heavy (non-hydrogen) atoms. The zero-order chi connectivity index (χ0) is 36.1. The lowest BCUT2D eigenvalue weighted by Gasteiger charge is -2.30. The third-order valence-electron chi connectivity index (χ3n) is 9.00. The molecule has 1 aliphatic rings. The molecule has 4 N–H and O–H groups in total. The van der Waals surface area contributed by atoms with Crippen LogP contribution < -0.4 is 15.3 Å². The number of hydrogen-bond acceptors (Lipinski definition) is 11. The summed E-state index contributed by atoms with van der Waals surface area (Å²) >= 11 is 0. The molecule has 1 aromatic carbocycles. The molecule has 4 rings (SSSR count). The molecule has 3 aromatic rings. The maximum absolute atomic E-state index is 14.3. The molecule has 13 nitrogen and oxygen atoms in total. The summed E-state index contributed by atoms with van der Waals surface area (Å²) in [5, 5.41) is 13.9. The summed E-state index contributed by atoms with van der Waals surface area (Å²) in [4.78, 5) is 24.9. The number of nitrogens with zero attached hydrogens (tertiary/aromatic N) is 4. The highest BCUT2D eigenvalue weighted by Gasteiger charge is 2.48. The van der Waals surface area contributed by atoms with Crippen molar-refractivity contribution >= 4 is 30.7 Å². The van der Waals surface area contributed by atoms with Gasteiger partial charge in [0.05, 0.1) is 19.0 Å². The second-order valence-corrected chi connectivity index (χ2v) is 15.0. The fourth-order valence-electron chi connectivity index (χ4n) is 5.99. The van der Waals surface area contributed by atoms with Crippen LogP contribution in [0.2, 0.25) is 0 Å². The lowest BCUT2D eigenvalue weighted by atomic mass is 10.0. The van der Waals surface area contributed by atoms with Gasteiger partial charge in [0.2, 0.25) is 0 Å². The van der Waals surface area contributed by atoms with Gasteiger partial charge in [-0.1, -0.05) is 83.4 Å². The number of hydrogen-bond donors (Lipinski definition) is 3. The molecule has 5 atom stereocenters. The largest absolute Gasteiger partial charge is 0.461 e. The number of ether oxygens (including phenoxy) is 2. The van der Waals surface area contributed by atoms with Crippen molar-refractivity contribution < 1.29 is 37.4 Å². The van der Waals surface area contributed by atoms with E-state index in [2.05, 4.69) is 33.9 Å². The maximum Gasteiger partial charge on any atom is 0.459 e. The number of benzene rings is 1. The number of carbonyl (C=O) groups is 1. The first-order valence-corrected chi connectivity index (χ1v) is 19.5. The quantitative estimate of drug-likeness (QED) is 0.0407. The number of anilines is 1.